The number of anilines is 1. The first-order valence-electron chi connectivity index (χ1n) is 11.8. The molecule has 0 radical (unpaired) electrons. The highest BCUT2D eigenvalue weighted by Crippen LogP contribution is 2.29. The number of amides is 1. The van der Waals surface area contributed by atoms with Crippen molar-refractivity contribution in [1.82, 2.24) is 5.43 Å². The van der Waals surface area contributed by atoms with Crippen LogP contribution in [0.5, 0.6) is 11.5 Å². The first-order valence-corrected chi connectivity index (χ1v) is 13.6. The number of halogens is 1. The molecule has 0 heterocycles. The van der Waals surface area contributed by atoms with Gasteiger partial charge in [0.05, 0.1) is 30.0 Å². The topological polar surface area (TPSA) is 97.3 Å². The summed E-state index contributed by atoms with van der Waals surface area (Å²) in [6, 6.07) is 18.0. The Balaban J connectivity index is 1.80. The number of hydrogen-bond donors (Lipinski definition) is 1. The van der Waals surface area contributed by atoms with E-state index < -0.39 is 22.5 Å². The van der Waals surface area contributed by atoms with Crippen molar-refractivity contribution < 1.29 is 22.7 Å². The van der Waals surface area contributed by atoms with E-state index in [-0.39, 0.29) is 4.90 Å². The van der Waals surface area contributed by atoms with Crippen LogP contribution in [-0.4, -0.2) is 40.3 Å². The highest BCUT2D eigenvalue weighted by molar-refractivity contribution is 7.92. The molecule has 8 nitrogen and oxygen atoms in total. The summed E-state index contributed by atoms with van der Waals surface area (Å²) < 4.78 is 39.3. The number of aryl methyl sites for hydroxylation is 1. The number of carbonyl (C=O) groups excluding carboxylic acids is 1. The van der Waals surface area contributed by atoms with Crippen LogP contribution >= 0.6 is 11.6 Å². The van der Waals surface area contributed by atoms with Gasteiger partial charge in [0.1, 0.15) is 6.54 Å². The Morgan fingerprint density at radius 2 is 1.78 bits per heavy atom. The lowest BCUT2D eigenvalue weighted by Crippen LogP contribution is -2.40. The highest BCUT2D eigenvalue weighted by Gasteiger charge is 2.28. The van der Waals surface area contributed by atoms with Gasteiger partial charge in [-0.05, 0) is 79.9 Å². The van der Waals surface area contributed by atoms with E-state index >= 15 is 0 Å². The van der Waals surface area contributed by atoms with Crippen LogP contribution in [0.4, 0.5) is 5.69 Å². The Morgan fingerprint density at radius 3 is 2.46 bits per heavy atom. The molecule has 0 aliphatic heterocycles. The Bertz CT molecular complexity index is 1350. The molecule has 0 aliphatic rings. The fraction of sp³-hybridized carbons (Fsp3) is 0.259. The third kappa shape index (κ3) is 7.47. The van der Waals surface area contributed by atoms with Crippen molar-refractivity contribution in [3.8, 4) is 11.5 Å². The number of hydrazone groups is 1. The molecule has 1 amide bonds. The predicted molar refractivity (Wildman–Crippen MR) is 146 cm³/mol. The van der Waals surface area contributed by atoms with E-state index in [1.165, 1.54) is 18.3 Å². The molecule has 3 rings (SSSR count). The maximum absolute atomic E-state index is 13.5. The van der Waals surface area contributed by atoms with Crippen molar-refractivity contribution in [2.75, 3.05) is 24.1 Å². The Hall–Kier alpha value is -3.56. The van der Waals surface area contributed by atoms with Crippen LogP contribution in [0.3, 0.4) is 0 Å². The second kappa shape index (κ2) is 13.1. The van der Waals surface area contributed by atoms with Crippen molar-refractivity contribution in [3.63, 3.8) is 0 Å². The molecule has 0 spiro atoms. The van der Waals surface area contributed by atoms with Crippen LogP contribution in [0.1, 0.15) is 31.4 Å². The van der Waals surface area contributed by atoms with E-state index in [0.29, 0.717) is 46.5 Å². The van der Waals surface area contributed by atoms with Gasteiger partial charge in [-0.25, -0.2) is 13.8 Å². The van der Waals surface area contributed by atoms with Gasteiger partial charge >= 0.3 is 0 Å². The largest absolute Gasteiger partial charge is 0.490 e. The molecule has 0 aliphatic carbocycles. The van der Waals surface area contributed by atoms with Crippen LogP contribution < -0.4 is 19.2 Å². The van der Waals surface area contributed by atoms with Gasteiger partial charge in [-0.2, -0.15) is 5.10 Å². The molecule has 0 saturated carbocycles. The molecule has 10 heteroatoms. The number of benzene rings is 3. The molecule has 0 atom stereocenters. The van der Waals surface area contributed by atoms with Crippen molar-refractivity contribution in [3.05, 3.63) is 82.9 Å². The van der Waals surface area contributed by atoms with E-state index in [1.54, 1.807) is 61.5 Å². The molecule has 0 bridgehead atoms. The fourth-order valence-electron chi connectivity index (χ4n) is 3.47. The standard InChI is InChI=1S/C27H30ClN3O5S/c1-4-15-36-25-14-11-21(17-26(25)35-5-2)18-29-30-27(32)19-31(24-13-12-22(28)16-20(24)3)37(33,34)23-9-7-6-8-10-23/h6-14,16-18H,4-5,15,19H2,1-3H3,(H,30,32)/b29-18-. The van der Waals surface area contributed by atoms with E-state index in [4.69, 9.17) is 21.1 Å². The van der Waals surface area contributed by atoms with Crippen LogP contribution in [0.2, 0.25) is 5.02 Å². The third-order valence-corrected chi connectivity index (χ3v) is 7.19. The van der Waals surface area contributed by atoms with Crippen molar-refractivity contribution in [2.24, 2.45) is 5.10 Å². The van der Waals surface area contributed by atoms with Gasteiger partial charge in [-0.15, -0.1) is 0 Å². The number of sulfonamides is 1. The third-order valence-electron chi connectivity index (χ3n) is 5.18. The van der Waals surface area contributed by atoms with Crippen LogP contribution in [0.25, 0.3) is 0 Å². The molecule has 0 fully saturated rings. The average molecular weight is 544 g/mol. The minimum absolute atomic E-state index is 0.0643. The number of rotatable bonds is 12. The smallest absolute Gasteiger partial charge is 0.264 e. The van der Waals surface area contributed by atoms with Gasteiger partial charge in [0.25, 0.3) is 15.9 Å². The summed E-state index contributed by atoms with van der Waals surface area (Å²) in [5, 5.41) is 4.47. The number of hydrogen-bond acceptors (Lipinski definition) is 6. The van der Waals surface area contributed by atoms with E-state index in [1.807, 2.05) is 13.8 Å². The minimum Gasteiger partial charge on any atom is -0.490 e. The second-order valence-corrected chi connectivity index (χ2v) is 10.3. The number of nitrogens with zero attached hydrogens (tertiary/aromatic N) is 2. The normalized spacial score (nSPS) is 11.4. The Kier molecular flexibility index (Phi) is 9.93. The average Bonchev–Trinajstić information content (AvgIpc) is 2.88. The molecule has 0 aromatic heterocycles. The molecule has 0 unspecified atom stereocenters. The van der Waals surface area contributed by atoms with Gasteiger partial charge < -0.3 is 9.47 Å². The quantitative estimate of drug-likeness (QED) is 0.251. The Morgan fingerprint density at radius 1 is 1.03 bits per heavy atom. The number of carbonyl (C=O) groups is 1. The highest BCUT2D eigenvalue weighted by atomic mass is 35.5. The van der Waals surface area contributed by atoms with Crippen LogP contribution in [-0.2, 0) is 14.8 Å². The first-order chi connectivity index (χ1) is 17.8. The lowest BCUT2D eigenvalue weighted by molar-refractivity contribution is -0.119. The minimum atomic E-state index is -4.04. The zero-order valence-corrected chi connectivity index (χ0v) is 22.6. The van der Waals surface area contributed by atoms with Crippen molar-refractivity contribution in [2.45, 2.75) is 32.1 Å². The number of ether oxygens (including phenoxy) is 2. The van der Waals surface area contributed by atoms with E-state index in [9.17, 15) is 13.2 Å². The van der Waals surface area contributed by atoms with Gasteiger partial charge in [0, 0.05) is 5.02 Å². The molecule has 37 heavy (non-hydrogen) atoms. The monoisotopic (exact) mass is 543 g/mol. The summed E-state index contributed by atoms with van der Waals surface area (Å²) in [5.41, 5.74) is 4.04. The fourth-order valence-corrected chi connectivity index (χ4v) is 5.20. The predicted octanol–water partition coefficient (Wildman–Crippen LogP) is 5.18. The molecular formula is C27H30ClN3O5S. The molecule has 3 aromatic rings. The zero-order chi connectivity index (χ0) is 26.8. The first kappa shape index (κ1) is 28.0. The van der Waals surface area contributed by atoms with E-state index in [2.05, 4.69) is 10.5 Å². The molecule has 196 valence electrons. The molecule has 0 saturated heterocycles. The summed E-state index contributed by atoms with van der Waals surface area (Å²) in [6.07, 6.45) is 2.32. The van der Waals surface area contributed by atoms with Crippen LogP contribution in [0, 0.1) is 6.92 Å². The molecule has 3 aromatic carbocycles. The lowest BCUT2D eigenvalue weighted by atomic mass is 10.2. The molecular weight excluding hydrogens is 514 g/mol. The summed E-state index contributed by atoms with van der Waals surface area (Å²) in [5.74, 6) is 0.590. The van der Waals surface area contributed by atoms with Crippen molar-refractivity contribution in [1.29, 1.82) is 0 Å². The van der Waals surface area contributed by atoms with Crippen molar-refractivity contribution >= 4 is 39.4 Å². The van der Waals surface area contributed by atoms with Gasteiger partial charge in [-0.1, -0.05) is 36.7 Å². The van der Waals surface area contributed by atoms with E-state index in [0.717, 1.165) is 10.7 Å². The summed E-state index contributed by atoms with van der Waals surface area (Å²) in [6.45, 7) is 6.18. The summed E-state index contributed by atoms with van der Waals surface area (Å²) in [4.78, 5) is 12.9. The number of nitrogens with one attached hydrogen (secondary N) is 1. The van der Waals surface area contributed by atoms with Crippen LogP contribution in [0.15, 0.2) is 76.7 Å². The maximum Gasteiger partial charge on any atom is 0.264 e. The van der Waals surface area contributed by atoms with Gasteiger partial charge in [0.15, 0.2) is 11.5 Å². The second-order valence-electron chi connectivity index (χ2n) is 8.04. The summed E-state index contributed by atoms with van der Waals surface area (Å²) in [7, 11) is -4.04. The molecule has 1 N–H and O–H groups in total. The maximum atomic E-state index is 13.5. The Labute approximate surface area is 222 Å². The van der Waals surface area contributed by atoms with Gasteiger partial charge in [-0.3, -0.25) is 9.10 Å². The lowest BCUT2D eigenvalue weighted by Gasteiger charge is -2.25. The zero-order valence-electron chi connectivity index (χ0n) is 21.0. The SMILES string of the molecule is CCCOc1ccc(/C=N\NC(=O)CN(c2ccc(Cl)cc2C)S(=O)(=O)c2ccccc2)cc1OCC. The van der Waals surface area contributed by atoms with Gasteiger partial charge in [0.2, 0.25) is 0 Å². The summed E-state index contributed by atoms with van der Waals surface area (Å²) >= 11 is 6.07.